The fourth-order valence-corrected chi connectivity index (χ4v) is 1.32. The molecule has 1 aromatic carbocycles. The van der Waals surface area contributed by atoms with Crippen molar-refractivity contribution in [3.05, 3.63) is 23.8 Å². The van der Waals surface area contributed by atoms with Crippen LogP contribution in [0.25, 0.3) is 0 Å². The van der Waals surface area contributed by atoms with Gasteiger partial charge in [0.15, 0.2) is 0 Å². The highest BCUT2D eigenvalue weighted by atomic mass is 16.3. The van der Waals surface area contributed by atoms with Gasteiger partial charge in [0, 0.05) is 19.5 Å². The number of carbonyl (C=O) groups excluding carboxylic acids is 1. The molecule has 0 heterocycles. The monoisotopic (exact) mass is 222 g/mol. The summed E-state index contributed by atoms with van der Waals surface area (Å²) < 4.78 is 0. The van der Waals surface area contributed by atoms with Gasteiger partial charge in [0.25, 0.3) is 0 Å². The van der Waals surface area contributed by atoms with E-state index in [2.05, 4.69) is 10.6 Å². The largest absolute Gasteiger partial charge is 0.506 e. The molecule has 4 nitrogen and oxygen atoms in total. The van der Waals surface area contributed by atoms with Gasteiger partial charge in [0.1, 0.15) is 5.75 Å². The van der Waals surface area contributed by atoms with Gasteiger partial charge in [-0.3, -0.25) is 4.79 Å². The molecule has 1 rings (SSSR count). The number of hydrogen-bond donors (Lipinski definition) is 3. The van der Waals surface area contributed by atoms with Gasteiger partial charge >= 0.3 is 0 Å². The molecular weight excluding hydrogens is 204 g/mol. The first-order valence-corrected chi connectivity index (χ1v) is 5.43. The van der Waals surface area contributed by atoms with Crippen LogP contribution in [0.1, 0.15) is 18.9 Å². The van der Waals surface area contributed by atoms with Crippen LogP contribution in [0.2, 0.25) is 0 Å². The second kappa shape index (κ2) is 6.00. The van der Waals surface area contributed by atoms with Crippen LogP contribution in [0.4, 0.5) is 5.69 Å². The number of rotatable bonds is 5. The smallest absolute Gasteiger partial charge is 0.219 e. The fourth-order valence-electron chi connectivity index (χ4n) is 1.32. The molecule has 0 saturated carbocycles. The summed E-state index contributed by atoms with van der Waals surface area (Å²) in [5.74, 6) is 0.275. The molecule has 0 unspecified atom stereocenters. The number of phenols is 1. The van der Waals surface area contributed by atoms with Crippen molar-refractivity contribution in [1.82, 2.24) is 5.32 Å². The Hall–Kier alpha value is -1.71. The van der Waals surface area contributed by atoms with Gasteiger partial charge in [-0.2, -0.15) is 0 Å². The van der Waals surface area contributed by atoms with Crippen molar-refractivity contribution in [3.8, 4) is 5.75 Å². The third-order valence-electron chi connectivity index (χ3n) is 2.24. The van der Waals surface area contributed by atoms with Crippen LogP contribution < -0.4 is 10.6 Å². The van der Waals surface area contributed by atoms with Crippen molar-refractivity contribution in [1.29, 1.82) is 0 Å². The third-order valence-corrected chi connectivity index (χ3v) is 2.24. The second-order valence-corrected chi connectivity index (χ2v) is 3.65. The van der Waals surface area contributed by atoms with Crippen molar-refractivity contribution >= 4 is 11.6 Å². The molecule has 0 aliphatic rings. The van der Waals surface area contributed by atoms with Crippen molar-refractivity contribution in [2.45, 2.75) is 20.3 Å². The van der Waals surface area contributed by atoms with E-state index in [9.17, 15) is 9.90 Å². The van der Waals surface area contributed by atoms with E-state index in [1.807, 2.05) is 26.0 Å². The number of carbonyl (C=O) groups is 1. The van der Waals surface area contributed by atoms with Gasteiger partial charge in [0.2, 0.25) is 5.91 Å². The number of phenolic OH excluding ortho intramolecular Hbond substituents is 1. The van der Waals surface area contributed by atoms with E-state index in [0.29, 0.717) is 25.2 Å². The SMILES string of the molecule is CCC(=O)NCCNc1ccc(C)cc1O. The van der Waals surface area contributed by atoms with Gasteiger partial charge in [-0.15, -0.1) is 0 Å². The third kappa shape index (κ3) is 3.81. The summed E-state index contributed by atoms with van der Waals surface area (Å²) in [7, 11) is 0. The standard InChI is InChI=1S/C12H18N2O2/c1-3-12(16)14-7-6-13-10-5-4-9(2)8-11(10)15/h4-5,8,13,15H,3,6-7H2,1-2H3,(H,14,16). The highest BCUT2D eigenvalue weighted by Crippen LogP contribution is 2.23. The average Bonchev–Trinajstić information content (AvgIpc) is 2.26. The Morgan fingerprint density at radius 2 is 2.12 bits per heavy atom. The molecule has 0 aliphatic carbocycles. The summed E-state index contributed by atoms with van der Waals surface area (Å²) in [4.78, 5) is 10.9. The molecule has 0 aromatic heterocycles. The molecule has 0 saturated heterocycles. The number of anilines is 1. The lowest BCUT2D eigenvalue weighted by molar-refractivity contribution is -0.120. The van der Waals surface area contributed by atoms with Crippen molar-refractivity contribution in [2.24, 2.45) is 0 Å². The van der Waals surface area contributed by atoms with E-state index in [-0.39, 0.29) is 11.7 Å². The lowest BCUT2D eigenvalue weighted by Gasteiger charge is -2.09. The number of aryl methyl sites for hydroxylation is 1. The summed E-state index contributed by atoms with van der Waals surface area (Å²) in [5, 5.41) is 15.4. The van der Waals surface area contributed by atoms with Gasteiger partial charge in [-0.25, -0.2) is 0 Å². The van der Waals surface area contributed by atoms with Crippen molar-refractivity contribution in [2.75, 3.05) is 18.4 Å². The highest BCUT2D eigenvalue weighted by molar-refractivity contribution is 5.75. The number of benzene rings is 1. The molecule has 1 aromatic rings. The molecular formula is C12H18N2O2. The van der Waals surface area contributed by atoms with Crippen LogP contribution in [0, 0.1) is 6.92 Å². The van der Waals surface area contributed by atoms with E-state index in [4.69, 9.17) is 0 Å². The number of hydrogen-bond acceptors (Lipinski definition) is 3. The molecule has 0 atom stereocenters. The van der Waals surface area contributed by atoms with Gasteiger partial charge < -0.3 is 15.7 Å². The Morgan fingerprint density at radius 1 is 1.38 bits per heavy atom. The zero-order valence-corrected chi connectivity index (χ0v) is 9.71. The van der Waals surface area contributed by atoms with Crippen LogP contribution in [0.3, 0.4) is 0 Å². The van der Waals surface area contributed by atoms with Gasteiger partial charge in [-0.1, -0.05) is 13.0 Å². The van der Waals surface area contributed by atoms with Crippen LogP contribution in [0.5, 0.6) is 5.75 Å². The molecule has 0 radical (unpaired) electrons. The molecule has 0 bridgehead atoms. The molecule has 88 valence electrons. The van der Waals surface area contributed by atoms with E-state index in [1.54, 1.807) is 6.07 Å². The highest BCUT2D eigenvalue weighted by Gasteiger charge is 2.00. The van der Waals surface area contributed by atoms with Crippen molar-refractivity contribution in [3.63, 3.8) is 0 Å². The minimum absolute atomic E-state index is 0.0370. The topological polar surface area (TPSA) is 61.4 Å². The molecule has 0 aliphatic heterocycles. The Kier molecular flexibility index (Phi) is 4.64. The molecule has 0 fully saturated rings. The molecule has 16 heavy (non-hydrogen) atoms. The lowest BCUT2D eigenvalue weighted by atomic mass is 10.2. The number of nitrogens with one attached hydrogen (secondary N) is 2. The van der Waals surface area contributed by atoms with E-state index in [0.717, 1.165) is 5.56 Å². The zero-order valence-electron chi connectivity index (χ0n) is 9.71. The summed E-state index contributed by atoms with van der Waals surface area (Å²) in [6, 6.07) is 5.45. The molecule has 0 spiro atoms. The van der Waals surface area contributed by atoms with E-state index < -0.39 is 0 Å². The van der Waals surface area contributed by atoms with Crippen LogP contribution in [0.15, 0.2) is 18.2 Å². The quantitative estimate of drug-likeness (QED) is 0.524. The fraction of sp³-hybridized carbons (Fsp3) is 0.417. The molecule has 3 N–H and O–H groups in total. The average molecular weight is 222 g/mol. The van der Waals surface area contributed by atoms with Crippen LogP contribution in [-0.2, 0) is 4.79 Å². The van der Waals surface area contributed by atoms with Gasteiger partial charge in [-0.05, 0) is 24.6 Å². The normalized spacial score (nSPS) is 9.88. The first-order chi connectivity index (χ1) is 7.63. The van der Waals surface area contributed by atoms with Crippen LogP contribution in [-0.4, -0.2) is 24.1 Å². The Balaban J connectivity index is 2.35. The second-order valence-electron chi connectivity index (χ2n) is 3.65. The first-order valence-electron chi connectivity index (χ1n) is 5.43. The minimum Gasteiger partial charge on any atom is -0.506 e. The van der Waals surface area contributed by atoms with E-state index in [1.165, 1.54) is 0 Å². The summed E-state index contributed by atoms with van der Waals surface area (Å²) in [6.07, 6.45) is 0.496. The summed E-state index contributed by atoms with van der Waals surface area (Å²) in [6.45, 7) is 4.89. The Morgan fingerprint density at radius 3 is 2.75 bits per heavy atom. The minimum atomic E-state index is 0.0370. The summed E-state index contributed by atoms with van der Waals surface area (Å²) >= 11 is 0. The van der Waals surface area contributed by atoms with Gasteiger partial charge in [0.05, 0.1) is 5.69 Å². The number of aromatic hydroxyl groups is 1. The Bertz CT molecular complexity index is 364. The Labute approximate surface area is 95.7 Å². The summed E-state index contributed by atoms with van der Waals surface area (Å²) in [5.41, 5.74) is 1.71. The molecule has 1 amide bonds. The maximum Gasteiger partial charge on any atom is 0.219 e. The maximum absolute atomic E-state index is 10.9. The first kappa shape index (κ1) is 12.4. The van der Waals surface area contributed by atoms with E-state index >= 15 is 0 Å². The van der Waals surface area contributed by atoms with Crippen LogP contribution >= 0.6 is 0 Å². The lowest BCUT2D eigenvalue weighted by Crippen LogP contribution is -2.27. The predicted octanol–water partition coefficient (Wildman–Crippen LogP) is 1.64. The molecule has 4 heteroatoms. The number of amides is 1. The predicted molar refractivity (Wildman–Crippen MR) is 64.6 cm³/mol. The zero-order chi connectivity index (χ0) is 12.0. The van der Waals surface area contributed by atoms with Crippen molar-refractivity contribution < 1.29 is 9.90 Å². The maximum atomic E-state index is 10.9.